The van der Waals surface area contributed by atoms with Crippen LogP contribution in [-0.4, -0.2) is 34.5 Å². The van der Waals surface area contributed by atoms with Gasteiger partial charge in [-0.3, -0.25) is 9.59 Å². The summed E-state index contributed by atoms with van der Waals surface area (Å²) in [5, 5.41) is 5.46. The minimum atomic E-state index is -0.447. The highest BCUT2D eigenvalue weighted by atomic mass is 16.5. The Morgan fingerprint density at radius 3 is 2.38 bits per heavy atom. The number of carbonyl (C=O) groups excluding carboxylic acids is 2. The van der Waals surface area contributed by atoms with Gasteiger partial charge in [0.15, 0.2) is 11.5 Å². The summed E-state index contributed by atoms with van der Waals surface area (Å²) in [5.41, 5.74) is 6.87. The van der Waals surface area contributed by atoms with Crippen LogP contribution in [0.4, 0.5) is 17.2 Å². The summed E-state index contributed by atoms with van der Waals surface area (Å²) in [6.07, 6.45) is 4.06. The molecule has 3 rings (SSSR count). The van der Waals surface area contributed by atoms with Crippen LogP contribution in [0.1, 0.15) is 23.3 Å². The molecule has 8 nitrogen and oxygen atoms in total. The van der Waals surface area contributed by atoms with Crippen LogP contribution in [0.3, 0.4) is 0 Å². The van der Waals surface area contributed by atoms with Gasteiger partial charge in [-0.2, -0.15) is 0 Å². The summed E-state index contributed by atoms with van der Waals surface area (Å²) in [4.78, 5) is 31.8. The molecule has 1 aromatic heterocycles. The number of aromatic nitrogens is 2. The average Bonchev–Trinajstić information content (AvgIpc) is 3.11. The van der Waals surface area contributed by atoms with E-state index in [4.69, 9.17) is 10.5 Å². The van der Waals surface area contributed by atoms with Gasteiger partial charge in [0.25, 0.3) is 11.8 Å². The Bertz CT molecular complexity index is 742. The lowest BCUT2D eigenvalue weighted by Gasteiger charge is -2.11. The van der Waals surface area contributed by atoms with Gasteiger partial charge in [0.05, 0.1) is 0 Å². The summed E-state index contributed by atoms with van der Waals surface area (Å²) in [6, 6.07) is 6.75. The molecule has 1 atom stereocenters. The number of amides is 2. The lowest BCUT2D eigenvalue weighted by Crippen LogP contribution is -2.26. The zero-order valence-corrected chi connectivity index (χ0v) is 12.9. The third-order valence-electron chi connectivity index (χ3n) is 3.57. The molecule has 4 N–H and O–H groups in total. The van der Waals surface area contributed by atoms with Gasteiger partial charge < -0.3 is 21.1 Å². The Balaban J connectivity index is 1.61. The summed E-state index contributed by atoms with van der Waals surface area (Å²) >= 11 is 0. The third kappa shape index (κ3) is 3.66. The molecule has 1 saturated heterocycles. The first-order chi connectivity index (χ1) is 11.6. The number of nitrogens with one attached hydrogen (secondary N) is 2. The van der Waals surface area contributed by atoms with Crippen LogP contribution in [-0.2, 0) is 9.53 Å². The van der Waals surface area contributed by atoms with Crippen molar-refractivity contribution in [1.29, 1.82) is 0 Å². The molecule has 124 valence electrons. The zero-order valence-electron chi connectivity index (χ0n) is 12.9. The van der Waals surface area contributed by atoms with Crippen LogP contribution in [0.5, 0.6) is 0 Å². The number of nitrogens with zero attached hydrogens (tertiary/aromatic N) is 2. The van der Waals surface area contributed by atoms with Crippen LogP contribution >= 0.6 is 0 Å². The van der Waals surface area contributed by atoms with Gasteiger partial charge in [-0.05, 0) is 37.1 Å². The summed E-state index contributed by atoms with van der Waals surface area (Å²) in [5.74, 6) is -0.538. The third-order valence-corrected chi connectivity index (χ3v) is 3.57. The lowest BCUT2D eigenvalue weighted by atomic mass is 10.2. The first-order valence-electron chi connectivity index (χ1n) is 7.54. The van der Waals surface area contributed by atoms with Crippen molar-refractivity contribution in [3.8, 4) is 0 Å². The van der Waals surface area contributed by atoms with E-state index >= 15 is 0 Å². The number of benzene rings is 1. The molecular formula is C16H17N5O3. The molecule has 0 aliphatic carbocycles. The van der Waals surface area contributed by atoms with Crippen molar-refractivity contribution in [3.05, 3.63) is 42.4 Å². The highest BCUT2D eigenvalue weighted by molar-refractivity contribution is 6.05. The van der Waals surface area contributed by atoms with Gasteiger partial charge >= 0.3 is 0 Å². The maximum absolute atomic E-state index is 12.1. The summed E-state index contributed by atoms with van der Waals surface area (Å²) in [6.45, 7) is 0.620. The van der Waals surface area contributed by atoms with Gasteiger partial charge in [-0.1, -0.05) is 0 Å². The van der Waals surface area contributed by atoms with E-state index in [0.29, 0.717) is 18.0 Å². The van der Waals surface area contributed by atoms with E-state index < -0.39 is 5.91 Å². The Hall–Kier alpha value is -3.00. The SMILES string of the molecule is Nc1nccnc1C(=O)Nc1ccc(NC(=O)C2CCCO2)cc1. The van der Waals surface area contributed by atoms with Crippen molar-refractivity contribution >= 4 is 29.0 Å². The smallest absolute Gasteiger partial charge is 0.278 e. The maximum atomic E-state index is 12.1. The number of carbonyl (C=O) groups is 2. The molecule has 0 radical (unpaired) electrons. The number of anilines is 3. The van der Waals surface area contributed by atoms with E-state index in [1.54, 1.807) is 24.3 Å². The summed E-state index contributed by atoms with van der Waals surface area (Å²) in [7, 11) is 0. The van der Waals surface area contributed by atoms with E-state index in [9.17, 15) is 9.59 Å². The van der Waals surface area contributed by atoms with Crippen molar-refractivity contribution in [3.63, 3.8) is 0 Å². The predicted molar refractivity (Wildman–Crippen MR) is 88.4 cm³/mol. The summed E-state index contributed by atoms with van der Waals surface area (Å²) < 4.78 is 5.33. The molecule has 24 heavy (non-hydrogen) atoms. The molecule has 2 heterocycles. The van der Waals surface area contributed by atoms with E-state index in [2.05, 4.69) is 20.6 Å². The molecule has 0 spiro atoms. The van der Waals surface area contributed by atoms with Gasteiger partial charge in [0.2, 0.25) is 0 Å². The molecular weight excluding hydrogens is 310 g/mol. The molecule has 1 aliphatic heterocycles. The highest BCUT2D eigenvalue weighted by Crippen LogP contribution is 2.18. The number of rotatable bonds is 4. The molecule has 1 fully saturated rings. The Kier molecular flexibility index (Phi) is 4.66. The van der Waals surface area contributed by atoms with E-state index in [-0.39, 0.29) is 23.5 Å². The maximum Gasteiger partial charge on any atom is 0.278 e. The molecule has 1 unspecified atom stereocenters. The predicted octanol–water partition coefficient (Wildman–Crippen LogP) is 1.43. The fourth-order valence-electron chi connectivity index (χ4n) is 2.36. The van der Waals surface area contributed by atoms with Crippen LogP contribution in [0.2, 0.25) is 0 Å². The molecule has 1 aliphatic rings. The van der Waals surface area contributed by atoms with Crippen molar-refractivity contribution in [2.24, 2.45) is 0 Å². The van der Waals surface area contributed by atoms with Crippen LogP contribution in [0, 0.1) is 0 Å². The standard InChI is InChI=1S/C16H17N5O3/c17-14-13(18-7-8-19-14)16(23)21-11-5-3-10(4-6-11)20-15(22)12-2-1-9-24-12/h3-8,12H,1-2,9H2,(H2,17,19)(H,20,22)(H,21,23). The quantitative estimate of drug-likeness (QED) is 0.781. The molecule has 2 amide bonds. The van der Waals surface area contributed by atoms with Crippen LogP contribution in [0.15, 0.2) is 36.7 Å². The van der Waals surface area contributed by atoms with Crippen molar-refractivity contribution in [2.75, 3.05) is 23.0 Å². The number of hydrogen-bond acceptors (Lipinski definition) is 6. The normalized spacial score (nSPS) is 16.6. The Morgan fingerprint density at radius 2 is 1.75 bits per heavy atom. The van der Waals surface area contributed by atoms with Crippen molar-refractivity contribution in [1.82, 2.24) is 9.97 Å². The van der Waals surface area contributed by atoms with Crippen LogP contribution in [0.25, 0.3) is 0 Å². The van der Waals surface area contributed by atoms with E-state index in [1.165, 1.54) is 12.4 Å². The number of nitrogen functional groups attached to an aromatic ring is 1. The fourth-order valence-corrected chi connectivity index (χ4v) is 2.36. The Morgan fingerprint density at radius 1 is 1.08 bits per heavy atom. The molecule has 2 aromatic rings. The minimum absolute atomic E-state index is 0.0632. The largest absolute Gasteiger partial charge is 0.382 e. The Labute approximate surface area is 138 Å². The van der Waals surface area contributed by atoms with Crippen molar-refractivity contribution in [2.45, 2.75) is 18.9 Å². The number of hydrogen-bond donors (Lipinski definition) is 3. The lowest BCUT2D eigenvalue weighted by molar-refractivity contribution is -0.124. The van der Waals surface area contributed by atoms with Crippen molar-refractivity contribution < 1.29 is 14.3 Å². The molecule has 0 bridgehead atoms. The van der Waals surface area contributed by atoms with Gasteiger partial charge in [-0.25, -0.2) is 9.97 Å². The molecule has 1 aromatic carbocycles. The average molecular weight is 327 g/mol. The number of ether oxygens (including phenoxy) is 1. The second kappa shape index (κ2) is 7.05. The number of nitrogens with two attached hydrogens (primary N) is 1. The first kappa shape index (κ1) is 15.9. The molecule has 0 saturated carbocycles. The van der Waals surface area contributed by atoms with Gasteiger partial charge in [0.1, 0.15) is 6.10 Å². The van der Waals surface area contributed by atoms with E-state index in [1.807, 2.05) is 0 Å². The first-order valence-corrected chi connectivity index (χ1v) is 7.54. The topological polar surface area (TPSA) is 119 Å². The monoisotopic (exact) mass is 327 g/mol. The molecule has 8 heteroatoms. The second-order valence-corrected chi connectivity index (χ2v) is 5.31. The van der Waals surface area contributed by atoms with Gasteiger partial charge in [0, 0.05) is 30.4 Å². The van der Waals surface area contributed by atoms with E-state index in [0.717, 1.165) is 12.8 Å². The van der Waals surface area contributed by atoms with Crippen LogP contribution < -0.4 is 16.4 Å². The second-order valence-electron chi connectivity index (χ2n) is 5.31. The fraction of sp³-hybridized carbons (Fsp3) is 0.250. The minimum Gasteiger partial charge on any atom is -0.382 e. The highest BCUT2D eigenvalue weighted by Gasteiger charge is 2.23. The van der Waals surface area contributed by atoms with Gasteiger partial charge in [-0.15, -0.1) is 0 Å². The zero-order chi connectivity index (χ0) is 16.9.